The number of aromatic nitrogens is 5. The van der Waals surface area contributed by atoms with Crippen LogP contribution in [-0.2, 0) is 10.0 Å². The Morgan fingerprint density at radius 2 is 1.71 bits per heavy atom. The van der Waals surface area contributed by atoms with Gasteiger partial charge in [-0.1, -0.05) is 6.07 Å². The summed E-state index contributed by atoms with van der Waals surface area (Å²) in [6.45, 7) is 5.49. The van der Waals surface area contributed by atoms with E-state index < -0.39 is 22.3 Å². The normalized spacial score (nSPS) is 11.8. The molecule has 1 aromatic carbocycles. The molecule has 10 nitrogen and oxygen atoms in total. The number of hydrogen-bond acceptors (Lipinski definition) is 8. The van der Waals surface area contributed by atoms with Gasteiger partial charge >= 0.3 is 0 Å². The van der Waals surface area contributed by atoms with Crippen LogP contribution in [0.25, 0.3) is 11.2 Å². The van der Waals surface area contributed by atoms with E-state index in [1.165, 1.54) is 13.2 Å². The summed E-state index contributed by atoms with van der Waals surface area (Å²) >= 11 is 0. The third-order valence-electron chi connectivity index (χ3n) is 5.39. The summed E-state index contributed by atoms with van der Waals surface area (Å²) in [6, 6.07) is 6.81. The summed E-state index contributed by atoms with van der Waals surface area (Å²) < 4.78 is 52.3. The molecule has 0 aliphatic rings. The van der Waals surface area contributed by atoms with Gasteiger partial charge in [-0.15, -0.1) is 0 Å². The number of alkyl halides is 2. The zero-order chi connectivity index (χ0) is 25.5. The number of aryl methyl sites for hydroxylation is 3. The molecule has 0 fully saturated rings. The average molecular weight is 503 g/mol. The summed E-state index contributed by atoms with van der Waals surface area (Å²) in [4.78, 5) is 19.6. The van der Waals surface area contributed by atoms with Crippen molar-refractivity contribution >= 4 is 49.9 Å². The number of halogens is 2. The van der Waals surface area contributed by atoms with E-state index in [9.17, 15) is 17.2 Å². The van der Waals surface area contributed by atoms with Crippen LogP contribution in [0.2, 0.25) is 0 Å². The highest BCUT2D eigenvalue weighted by Crippen LogP contribution is 2.35. The van der Waals surface area contributed by atoms with E-state index in [0.717, 1.165) is 27.5 Å². The highest BCUT2D eigenvalue weighted by molar-refractivity contribution is 7.92. The number of H-pyrrole nitrogens is 1. The Labute approximate surface area is 200 Å². The van der Waals surface area contributed by atoms with Crippen molar-refractivity contribution in [1.82, 2.24) is 24.9 Å². The number of hydrogen-bond donors (Lipinski definition) is 3. The number of fused-ring (bicyclic) bond motifs is 1. The maximum absolute atomic E-state index is 13.4. The molecule has 0 saturated heterocycles. The van der Waals surface area contributed by atoms with Gasteiger partial charge in [-0.05, 0) is 38.5 Å². The monoisotopic (exact) mass is 502 g/mol. The smallest absolute Gasteiger partial charge is 0.295 e. The first-order valence-electron chi connectivity index (χ1n) is 10.5. The van der Waals surface area contributed by atoms with Crippen LogP contribution in [0.5, 0.6) is 0 Å². The van der Waals surface area contributed by atoms with Crippen LogP contribution in [0, 0.1) is 20.8 Å². The Kier molecular flexibility index (Phi) is 6.28. The quantitative estimate of drug-likeness (QED) is 0.337. The van der Waals surface area contributed by atoms with E-state index in [1.54, 1.807) is 24.3 Å². The highest BCUT2D eigenvalue weighted by Gasteiger charge is 2.20. The van der Waals surface area contributed by atoms with E-state index in [0.29, 0.717) is 28.7 Å². The number of pyridine rings is 1. The van der Waals surface area contributed by atoms with Crippen molar-refractivity contribution in [3.63, 3.8) is 0 Å². The summed E-state index contributed by atoms with van der Waals surface area (Å²) in [6.07, 6.45) is -0.192. The SMILES string of the molecule is Cc1ccc(Nc2cc(Nc3cnc(C)c(C)n3)nc3[nH]c(C(F)F)nc23)c(N(C)S(C)(=O)=O)c1. The zero-order valence-corrected chi connectivity index (χ0v) is 20.5. The van der Waals surface area contributed by atoms with E-state index >= 15 is 0 Å². The molecule has 0 aliphatic carbocycles. The van der Waals surface area contributed by atoms with Crippen molar-refractivity contribution in [1.29, 1.82) is 0 Å². The van der Waals surface area contributed by atoms with Crippen molar-refractivity contribution in [3.05, 3.63) is 53.2 Å². The minimum absolute atomic E-state index is 0.120. The summed E-state index contributed by atoms with van der Waals surface area (Å²) in [5.74, 6) is 0.190. The minimum atomic E-state index is -3.56. The molecule has 3 heterocycles. The second-order valence-corrected chi connectivity index (χ2v) is 10.1. The number of aromatic amines is 1. The lowest BCUT2D eigenvalue weighted by molar-refractivity contribution is 0.142. The second-order valence-electron chi connectivity index (χ2n) is 8.10. The lowest BCUT2D eigenvalue weighted by atomic mass is 10.2. The van der Waals surface area contributed by atoms with Gasteiger partial charge in [0, 0.05) is 13.1 Å². The molecule has 0 unspecified atom stereocenters. The van der Waals surface area contributed by atoms with Gasteiger partial charge in [0.05, 0.1) is 40.9 Å². The first kappa shape index (κ1) is 24.3. The fourth-order valence-corrected chi connectivity index (χ4v) is 3.84. The molecule has 35 heavy (non-hydrogen) atoms. The third-order valence-corrected chi connectivity index (χ3v) is 6.58. The number of nitrogens with one attached hydrogen (secondary N) is 3. The van der Waals surface area contributed by atoms with E-state index in [2.05, 4.69) is 35.6 Å². The minimum Gasteiger partial charge on any atom is -0.352 e. The number of nitrogens with zero attached hydrogens (tertiary/aromatic N) is 5. The number of benzene rings is 1. The topological polar surface area (TPSA) is 129 Å². The van der Waals surface area contributed by atoms with Crippen molar-refractivity contribution in [2.24, 2.45) is 0 Å². The second kappa shape index (κ2) is 9.06. The lowest BCUT2D eigenvalue weighted by Gasteiger charge is -2.22. The van der Waals surface area contributed by atoms with Crippen molar-refractivity contribution in [3.8, 4) is 0 Å². The standard InChI is InChI=1S/C22H24F2N8O2S/c1-11-6-7-14(16(8-11)32(4)35(5,33)34)27-15-9-17(28-18-10-25-12(2)13(3)26-18)29-21-19(15)30-22(31-21)20(23)24/h6-10,20H,1-5H3,(H3,26,27,28,29,30,31). The molecule has 0 spiro atoms. The van der Waals surface area contributed by atoms with Crippen LogP contribution in [0.15, 0.2) is 30.5 Å². The van der Waals surface area contributed by atoms with Gasteiger partial charge in [-0.25, -0.2) is 32.2 Å². The predicted molar refractivity (Wildman–Crippen MR) is 131 cm³/mol. The number of imidazole rings is 1. The Hall–Kier alpha value is -3.87. The predicted octanol–water partition coefficient (Wildman–Crippen LogP) is 4.49. The fraction of sp³-hybridized carbons (Fsp3) is 0.273. The van der Waals surface area contributed by atoms with Crippen LogP contribution >= 0.6 is 0 Å². The van der Waals surface area contributed by atoms with Crippen molar-refractivity contribution in [2.45, 2.75) is 27.2 Å². The summed E-state index contributed by atoms with van der Waals surface area (Å²) in [5.41, 5.74) is 3.80. The Morgan fingerprint density at radius 1 is 0.971 bits per heavy atom. The van der Waals surface area contributed by atoms with Gasteiger partial charge in [0.2, 0.25) is 10.0 Å². The van der Waals surface area contributed by atoms with Crippen LogP contribution in [-0.4, -0.2) is 46.6 Å². The maximum Gasteiger partial charge on any atom is 0.295 e. The van der Waals surface area contributed by atoms with E-state index in [4.69, 9.17) is 0 Å². The van der Waals surface area contributed by atoms with Gasteiger partial charge < -0.3 is 15.6 Å². The summed E-state index contributed by atoms with van der Waals surface area (Å²) in [5, 5.41) is 6.18. The molecular weight excluding hydrogens is 478 g/mol. The third kappa shape index (κ3) is 5.14. The van der Waals surface area contributed by atoms with Gasteiger partial charge in [-0.2, -0.15) is 0 Å². The van der Waals surface area contributed by atoms with Gasteiger partial charge in [0.1, 0.15) is 17.2 Å². The zero-order valence-electron chi connectivity index (χ0n) is 19.7. The largest absolute Gasteiger partial charge is 0.352 e. The van der Waals surface area contributed by atoms with Crippen LogP contribution in [0.1, 0.15) is 29.2 Å². The highest BCUT2D eigenvalue weighted by atomic mass is 32.2. The molecule has 4 aromatic rings. The molecule has 0 amide bonds. The van der Waals surface area contributed by atoms with E-state index in [-0.39, 0.29) is 11.2 Å². The molecule has 13 heteroatoms. The molecule has 0 bridgehead atoms. The molecule has 3 aromatic heterocycles. The molecule has 0 atom stereocenters. The number of anilines is 5. The molecule has 3 N–H and O–H groups in total. The lowest BCUT2D eigenvalue weighted by Crippen LogP contribution is -2.25. The van der Waals surface area contributed by atoms with Crippen molar-refractivity contribution in [2.75, 3.05) is 28.2 Å². The van der Waals surface area contributed by atoms with E-state index in [1.807, 2.05) is 20.8 Å². The Bertz CT molecular complexity index is 1520. The first-order valence-corrected chi connectivity index (χ1v) is 12.3. The average Bonchev–Trinajstić information content (AvgIpc) is 3.21. The number of sulfonamides is 1. The van der Waals surface area contributed by atoms with Crippen molar-refractivity contribution < 1.29 is 17.2 Å². The molecule has 0 saturated carbocycles. The summed E-state index contributed by atoms with van der Waals surface area (Å²) in [7, 11) is -2.12. The Morgan fingerprint density at radius 3 is 2.37 bits per heavy atom. The molecule has 0 aliphatic heterocycles. The Balaban J connectivity index is 1.83. The molecule has 0 radical (unpaired) electrons. The van der Waals surface area contributed by atoms with Gasteiger partial charge in [-0.3, -0.25) is 9.29 Å². The molecule has 184 valence electrons. The molecule has 4 rings (SSSR count). The first-order chi connectivity index (χ1) is 16.4. The number of rotatable bonds is 7. The van der Waals surface area contributed by atoms with Gasteiger partial charge in [0.25, 0.3) is 6.43 Å². The fourth-order valence-electron chi connectivity index (χ4n) is 3.34. The molecular formula is C22H24F2N8O2S. The van der Waals surface area contributed by atoms with Crippen LogP contribution < -0.4 is 14.9 Å². The van der Waals surface area contributed by atoms with Crippen LogP contribution in [0.4, 0.5) is 37.5 Å². The van der Waals surface area contributed by atoms with Crippen LogP contribution in [0.3, 0.4) is 0 Å². The van der Waals surface area contributed by atoms with Gasteiger partial charge in [0.15, 0.2) is 11.5 Å². The maximum atomic E-state index is 13.4.